The molecule has 3 unspecified atom stereocenters. The van der Waals surface area contributed by atoms with Crippen molar-refractivity contribution in [3.05, 3.63) is 24.0 Å². The molecule has 3 aliphatic rings. The summed E-state index contributed by atoms with van der Waals surface area (Å²) in [7, 11) is 2.22. The number of nitrogens with two attached hydrogens (primary N) is 1. The Morgan fingerprint density at radius 2 is 2.00 bits per heavy atom. The van der Waals surface area contributed by atoms with E-state index in [2.05, 4.69) is 46.3 Å². The van der Waals surface area contributed by atoms with E-state index in [0.29, 0.717) is 11.5 Å². The third-order valence-corrected chi connectivity index (χ3v) is 6.96. The lowest BCUT2D eigenvalue weighted by atomic mass is 9.91. The molecule has 3 fully saturated rings. The molecule has 2 aromatic rings. The molecule has 2 saturated carbocycles. The van der Waals surface area contributed by atoms with Gasteiger partial charge in [-0.05, 0) is 63.1 Å². The van der Waals surface area contributed by atoms with Crippen LogP contribution in [0.5, 0.6) is 5.75 Å². The van der Waals surface area contributed by atoms with Gasteiger partial charge in [0.1, 0.15) is 0 Å². The van der Waals surface area contributed by atoms with E-state index in [1.54, 1.807) is 6.20 Å². The zero-order chi connectivity index (χ0) is 20.4. The largest absolute Gasteiger partial charge is 0.431 e. The van der Waals surface area contributed by atoms with Crippen molar-refractivity contribution in [2.45, 2.75) is 38.8 Å². The fraction of sp³-hybridized carbons (Fsp3) is 0.619. The van der Waals surface area contributed by atoms with Crippen molar-refractivity contribution in [2.24, 2.45) is 23.7 Å². The Bertz CT molecular complexity index is 930. The van der Waals surface area contributed by atoms with Crippen molar-refractivity contribution in [3.8, 4) is 17.0 Å². The quantitative estimate of drug-likeness (QED) is 0.826. The number of rotatable bonds is 5. The number of ether oxygens (including phenoxy) is 1. The fourth-order valence-electron chi connectivity index (χ4n) is 5.86. The normalized spacial score (nSPS) is 30.8. The first-order chi connectivity index (χ1) is 13.8. The van der Waals surface area contributed by atoms with Crippen LogP contribution in [0, 0.1) is 23.7 Å². The third kappa shape index (κ3) is 3.08. The van der Waals surface area contributed by atoms with Gasteiger partial charge in [-0.25, -0.2) is 4.98 Å². The number of halogens is 2. The number of anilines is 1. The van der Waals surface area contributed by atoms with Crippen molar-refractivity contribution < 1.29 is 13.5 Å². The zero-order valence-corrected chi connectivity index (χ0v) is 16.9. The van der Waals surface area contributed by atoms with Gasteiger partial charge >= 0.3 is 6.61 Å². The van der Waals surface area contributed by atoms with Gasteiger partial charge in [0.15, 0.2) is 11.6 Å². The summed E-state index contributed by atoms with van der Waals surface area (Å²) in [5, 5.41) is 4.80. The second-order valence-corrected chi connectivity index (χ2v) is 9.13. The van der Waals surface area contributed by atoms with E-state index < -0.39 is 6.61 Å². The number of nitrogens with zero attached hydrogens (tertiary/aromatic N) is 4. The maximum absolute atomic E-state index is 12.7. The number of alkyl halides is 2. The van der Waals surface area contributed by atoms with Gasteiger partial charge in [-0.15, -0.1) is 0 Å². The standard InChI is InChI=1S/C21H27F2N5O/c1-10(2)28-16(19-13-4-12-8-27(3)9-14(12)18(13)19)6-15(26-28)11-5-17(29-21(22)23)20(24)25-7-11/h5-7,10,12-14,18-19,21H,4,8-9H2,1-3H3,(H2,24,25)/t12-,13?,14+,18?,19?/m0/s1. The smallest absolute Gasteiger partial charge is 0.387 e. The molecule has 156 valence electrons. The molecule has 6 nitrogen and oxygen atoms in total. The highest BCUT2D eigenvalue weighted by Gasteiger charge is 2.64. The molecule has 2 aliphatic carbocycles. The molecule has 5 rings (SSSR count). The van der Waals surface area contributed by atoms with E-state index in [9.17, 15) is 8.78 Å². The summed E-state index contributed by atoms with van der Waals surface area (Å²) in [5.74, 6) is 3.51. The fourth-order valence-corrected chi connectivity index (χ4v) is 5.86. The van der Waals surface area contributed by atoms with Gasteiger partial charge in [-0.2, -0.15) is 13.9 Å². The van der Waals surface area contributed by atoms with E-state index in [0.717, 1.165) is 29.4 Å². The summed E-state index contributed by atoms with van der Waals surface area (Å²) >= 11 is 0. The minimum atomic E-state index is -2.94. The number of pyridine rings is 1. The Hall–Kier alpha value is -2.22. The minimum Gasteiger partial charge on any atom is -0.431 e. The number of hydrogen-bond acceptors (Lipinski definition) is 5. The van der Waals surface area contributed by atoms with Crippen LogP contribution in [0.15, 0.2) is 18.3 Å². The van der Waals surface area contributed by atoms with Gasteiger partial charge in [0.05, 0.1) is 5.69 Å². The number of hydrogen-bond donors (Lipinski definition) is 1. The molecular weight excluding hydrogens is 376 g/mol. The van der Waals surface area contributed by atoms with Crippen molar-refractivity contribution in [3.63, 3.8) is 0 Å². The first-order valence-corrected chi connectivity index (χ1v) is 10.3. The van der Waals surface area contributed by atoms with Crippen LogP contribution in [0.2, 0.25) is 0 Å². The molecular formula is C21H27F2N5O. The van der Waals surface area contributed by atoms with Gasteiger partial charge in [-0.3, -0.25) is 4.68 Å². The van der Waals surface area contributed by atoms with Gasteiger partial charge in [0.25, 0.3) is 0 Å². The average molecular weight is 403 g/mol. The number of fused-ring (bicyclic) bond motifs is 3. The molecule has 1 aliphatic heterocycles. The predicted molar refractivity (Wildman–Crippen MR) is 106 cm³/mol. The van der Waals surface area contributed by atoms with Crippen molar-refractivity contribution in [2.75, 3.05) is 25.9 Å². The van der Waals surface area contributed by atoms with Crippen LogP contribution in [0.1, 0.15) is 37.9 Å². The first kappa shape index (κ1) is 18.8. The van der Waals surface area contributed by atoms with Gasteiger partial charge < -0.3 is 15.4 Å². The van der Waals surface area contributed by atoms with Crippen molar-refractivity contribution >= 4 is 5.82 Å². The summed E-state index contributed by atoms with van der Waals surface area (Å²) in [6, 6.07) is 3.83. The highest BCUT2D eigenvalue weighted by molar-refractivity contribution is 5.64. The second kappa shape index (κ2) is 6.65. The molecule has 0 aromatic carbocycles. The number of nitrogen functional groups attached to an aromatic ring is 1. The highest BCUT2D eigenvalue weighted by atomic mass is 19.3. The van der Waals surface area contributed by atoms with E-state index in [4.69, 9.17) is 10.8 Å². The van der Waals surface area contributed by atoms with E-state index >= 15 is 0 Å². The Labute approximate surface area is 169 Å². The van der Waals surface area contributed by atoms with Crippen LogP contribution >= 0.6 is 0 Å². The van der Waals surface area contributed by atoms with Gasteiger partial charge in [0.2, 0.25) is 0 Å². The van der Waals surface area contributed by atoms with Crippen LogP contribution < -0.4 is 10.5 Å². The average Bonchev–Trinajstić information content (AvgIpc) is 2.98. The molecule has 0 bridgehead atoms. The Morgan fingerprint density at radius 1 is 1.21 bits per heavy atom. The Balaban J connectivity index is 1.46. The molecule has 0 spiro atoms. The molecule has 5 atom stereocenters. The van der Waals surface area contributed by atoms with E-state index in [1.165, 1.54) is 31.3 Å². The molecule has 2 N–H and O–H groups in total. The molecule has 0 radical (unpaired) electrons. The minimum absolute atomic E-state index is 0.0503. The summed E-state index contributed by atoms with van der Waals surface area (Å²) in [6.45, 7) is 3.72. The molecule has 3 heterocycles. The van der Waals surface area contributed by atoms with Gasteiger partial charge in [-0.1, -0.05) is 0 Å². The van der Waals surface area contributed by atoms with Crippen molar-refractivity contribution in [1.29, 1.82) is 0 Å². The lowest BCUT2D eigenvalue weighted by molar-refractivity contribution is -0.0494. The number of likely N-dealkylation sites (tertiary alicyclic amines) is 1. The van der Waals surface area contributed by atoms with Crippen LogP contribution in [-0.4, -0.2) is 46.4 Å². The monoisotopic (exact) mass is 403 g/mol. The first-order valence-electron chi connectivity index (χ1n) is 10.3. The Morgan fingerprint density at radius 3 is 2.72 bits per heavy atom. The topological polar surface area (TPSA) is 69.2 Å². The SMILES string of the molecule is CC(C)n1nc(-c2cnc(N)c(OC(F)F)c2)cc1C1C2C[C@H]3CN(C)C[C@H]3C21. The Kier molecular flexibility index (Phi) is 4.31. The van der Waals surface area contributed by atoms with E-state index in [1.807, 2.05) is 0 Å². The molecule has 1 saturated heterocycles. The van der Waals surface area contributed by atoms with Crippen LogP contribution in [0.3, 0.4) is 0 Å². The zero-order valence-electron chi connectivity index (χ0n) is 16.9. The summed E-state index contributed by atoms with van der Waals surface area (Å²) in [6.07, 6.45) is 2.87. The second-order valence-electron chi connectivity index (χ2n) is 9.13. The van der Waals surface area contributed by atoms with Crippen molar-refractivity contribution in [1.82, 2.24) is 19.7 Å². The van der Waals surface area contributed by atoms with Gasteiger partial charge in [0, 0.05) is 42.5 Å². The maximum Gasteiger partial charge on any atom is 0.387 e. The lowest BCUT2D eigenvalue weighted by Gasteiger charge is -2.17. The molecule has 0 amide bonds. The molecule has 29 heavy (non-hydrogen) atoms. The molecule has 8 heteroatoms. The maximum atomic E-state index is 12.7. The molecule has 2 aromatic heterocycles. The predicted octanol–water partition coefficient (Wildman–Crippen LogP) is 3.62. The summed E-state index contributed by atoms with van der Waals surface area (Å²) < 4.78 is 31.9. The summed E-state index contributed by atoms with van der Waals surface area (Å²) in [5.41, 5.74) is 8.30. The third-order valence-electron chi connectivity index (χ3n) is 6.96. The number of aromatic nitrogens is 3. The van der Waals surface area contributed by atoms with Crippen LogP contribution in [0.4, 0.5) is 14.6 Å². The lowest BCUT2D eigenvalue weighted by Crippen LogP contribution is -2.15. The van der Waals surface area contributed by atoms with Crippen LogP contribution in [0.25, 0.3) is 11.3 Å². The van der Waals surface area contributed by atoms with Crippen LogP contribution in [-0.2, 0) is 0 Å². The van der Waals surface area contributed by atoms with E-state index in [-0.39, 0.29) is 17.6 Å². The highest BCUT2D eigenvalue weighted by Crippen LogP contribution is 2.68. The summed E-state index contributed by atoms with van der Waals surface area (Å²) in [4.78, 5) is 6.48.